The molecule has 2 amide bonds. The highest BCUT2D eigenvalue weighted by Gasteiger charge is 2.39. The Morgan fingerprint density at radius 2 is 1.84 bits per heavy atom. The van der Waals surface area contributed by atoms with E-state index in [1.54, 1.807) is 48.8 Å². The lowest BCUT2D eigenvalue weighted by molar-refractivity contribution is -0.137. The normalized spacial score (nSPS) is 13.7. The number of hydrogen-bond donors (Lipinski definition) is 1. The maximum atomic E-state index is 13.3. The number of anilines is 1. The third-order valence-electron chi connectivity index (χ3n) is 4.78. The Morgan fingerprint density at radius 1 is 1.03 bits per heavy atom. The number of nitrogens with one attached hydrogen (secondary N) is 1. The van der Waals surface area contributed by atoms with Gasteiger partial charge in [0.15, 0.2) is 0 Å². The molecule has 0 aliphatic carbocycles. The lowest BCUT2D eigenvalue weighted by Gasteiger charge is -2.15. The molecule has 1 aliphatic heterocycles. The molecule has 0 bridgehead atoms. The fraction of sp³-hybridized carbons (Fsp3) is 0.125. The first-order valence-corrected chi connectivity index (χ1v) is 10.2. The minimum absolute atomic E-state index is 0.132. The molecule has 1 aliphatic rings. The van der Waals surface area contributed by atoms with Crippen molar-refractivity contribution in [3.05, 3.63) is 94.9 Å². The second kappa shape index (κ2) is 9.02. The van der Waals surface area contributed by atoms with Gasteiger partial charge in [0.05, 0.1) is 18.7 Å². The van der Waals surface area contributed by atoms with Crippen LogP contribution >= 0.6 is 11.6 Å². The molecule has 4 rings (SSSR count). The van der Waals surface area contributed by atoms with Gasteiger partial charge in [-0.2, -0.15) is 0 Å². The second-order valence-electron chi connectivity index (χ2n) is 6.90. The van der Waals surface area contributed by atoms with Crippen LogP contribution in [-0.4, -0.2) is 28.3 Å². The summed E-state index contributed by atoms with van der Waals surface area (Å²) in [6, 6.07) is 17.7. The molecule has 6 nitrogen and oxygen atoms in total. The molecule has 0 unspecified atom stereocenters. The first-order chi connectivity index (χ1) is 15.1. The van der Waals surface area contributed by atoms with Crippen LogP contribution in [0.3, 0.4) is 0 Å². The number of carbonyl (C=O) groups is 2. The lowest BCUT2D eigenvalue weighted by Crippen LogP contribution is -2.32. The Kier molecular flexibility index (Phi) is 6.00. The summed E-state index contributed by atoms with van der Waals surface area (Å²) in [6.07, 6.45) is 3.28. The van der Waals surface area contributed by atoms with Crippen molar-refractivity contribution in [2.45, 2.75) is 13.5 Å². The fourth-order valence-electron chi connectivity index (χ4n) is 3.37. The van der Waals surface area contributed by atoms with E-state index in [9.17, 15) is 9.59 Å². The van der Waals surface area contributed by atoms with Gasteiger partial charge < -0.3 is 10.1 Å². The number of carbonyl (C=O) groups excluding carboxylic acids is 2. The zero-order valence-corrected chi connectivity index (χ0v) is 17.6. The molecule has 0 fully saturated rings. The number of benzene rings is 2. The minimum atomic E-state index is -0.402. The van der Waals surface area contributed by atoms with E-state index in [1.165, 1.54) is 4.90 Å². The van der Waals surface area contributed by atoms with Crippen molar-refractivity contribution < 1.29 is 14.3 Å². The highest BCUT2D eigenvalue weighted by Crippen LogP contribution is 2.32. The quantitative estimate of drug-likeness (QED) is 0.554. The molecule has 0 saturated carbocycles. The van der Waals surface area contributed by atoms with Gasteiger partial charge in [0.2, 0.25) is 0 Å². The third-order valence-corrected chi connectivity index (χ3v) is 5.03. The Balaban J connectivity index is 1.72. The van der Waals surface area contributed by atoms with Crippen LogP contribution < -0.4 is 10.1 Å². The summed E-state index contributed by atoms with van der Waals surface area (Å²) in [5.74, 6) is -0.106. The third kappa shape index (κ3) is 4.44. The molecular weight excluding hydrogens is 414 g/mol. The van der Waals surface area contributed by atoms with Crippen molar-refractivity contribution >= 4 is 34.7 Å². The van der Waals surface area contributed by atoms with Gasteiger partial charge in [-0.3, -0.25) is 19.5 Å². The summed E-state index contributed by atoms with van der Waals surface area (Å²) in [6.45, 7) is 2.56. The zero-order chi connectivity index (χ0) is 21.8. The van der Waals surface area contributed by atoms with Crippen LogP contribution in [0, 0.1) is 0 Å². The van der Waals surface area contributed by atoms with Gasteiger partial charge in [-0.15, -0.1) is 0 Å². The standard InChI is InChI=1S/C24H20ClN3O3/c1-2-31-20-7-3-6-19(13-20)27-22-21(17-8-10-18(25)11-9-17)23(29)28(24(22)30)15-16-5-4-12-26-14-16/h3-14,27H,2,15H2,1H3. The van der Waals surface area contributed by atoms with Crippen LogP contribution in [0.1, 0.15) is 18.1 Å². The summed E-state index contributed by atoms with van der Waals surface area (Å²) in [7, 11) is 0. The Bertz CT molecular complexity index is 1140. The molecule has 31 heavy (non-hydrogen) atoms. The van der Waals surface area contributed by atoms with E-state index in [4.69, 9.17) is 16.3 Å². The smallest absolute Gasteiger partial charge is 0.278 e. The summed E-state index contributed by atoms with van der Waals surface area (Å²) >= 11 is 6.02. The number of halogens is 1. The van der Waals surface area contributed by atoms with Gasteiger partial charge in [-0.25, -0.2) is 0 Å². The number of rotatable bonds is 7. The molecule has 7 heteroatoms. The predicted molar refractivity (Wildman–Crippen MR) is 119 cm³/mol. The van der Waals surface area contributed by atoms with Gasteiger partial charge in [-0.05, 0) is 48.4 Å². The molecule has 156 valence electrons. The summed E-state index contributed by atoms with van der Waals surface area (Å²) in [5.41, 5.74) is 2.54. The molecule has 3 aromatic rings. The Labute approximate surface area is 185 Å². The average Bonchev–Trinajstić information content (AvgIpc) is 3.00. The molecule has 2 heterocycles. The number of nitrogens with zero attached hydrogens (tertiary/aromatic N) is 2. The maximum Gasteiger partial charge on any atom is 0.278 e. The first kappa shape index (κ1) is 20.6. The van der Waals surface area contributed by atoms with Gasteiger partial charge in [-0.1, -0.05) is 35.9 Å². The van der Waals surface area contributed by atoms with Crippen molar-refractivity contribution in [1.82, 2.24) is 9.88 Å². The van der Waals surface area contributed by atoms with Crippen LogP contribution in [0.2, 0.25) is 5.02 Å². The minimum Gasteiger partial charge on any atom is -0.494 e. The zero-order valence-electron chi connectivity index (χ0n) is 16.8. The highest BCUT2D eigenvalue weighted by molar-refractivity contribution is 6.36. The van der Waals surface area contributed by atoms with Crippen molar-refractivity contribution in [2.75, 3.05) is 11.9 Å². The maximum absolute atomic E-state index is 13.3. The Morgan fingerprint density at radius 3 is 2.55 bits per heavy atom. The highest BCUT2D eigenvalue weighted by atomic mass is 35.5. The van der Waals surface area contributed by atoms with Crippen molar-refractivity contribution in [2.24, 2.45) is 0 Å². The summed E-state index contributed by atoms with van der Waals surface area (Å²) in [5, 5.41) is 3.69. The van der Waals surface area contributed by atoms with E-state index in [0.29, 0.717) is 34.2 Å². The number of aromatic nitrogens is 1. The average molecular weight is 434 g/mol. The number of amides is 2. The molecule has 2 aromatic carbocycles. The molecule has 0 atom stereocenters. The monoisotopic (exact) mass is 433 g/mol. The molecular formula is C24H20ClN3O3. The van der Waals surface area contributed by atoms with E-state index in [0.717, 1.165) is 5.56 Å². The van der Waals surface area contributed by atoms with Crippen LogP contribution in [0.4, 0.5) is 5.69 Å². The SMILES string of the molecule is CCOc1cccc(NC2=C(c3ccc(Cl)cc3)C(=O)N(Cc3cccnc3)C2=O)c1. The Hall–Kier alpha value is -3.64. The molecule has 0 radical (unpaired) electrons. The molecule has 0 saturated heterocycles. The second-order valence-corrected chi connectivity index (χ2v) is 7.34. The largest absolute Gasteiger partial charge is 0.494 e. The predicted octanol–water partition coefficient (Wildman–Crippen LogP) is 4.53. The topological polar surface area (TPSA) is 71.5 Å². The number of pyridine rings is 1. The van der Waals surface area contributed by atoms with Crippen LogP contribution in [0.5, 0.6) is 5.75 Å². The van der Waals surface area contributed by atoms with Crippen LogP contribution in [0.25, 0.3) is 5.57 Å². The van der Waals surface area contributed by atoms with Crippen LogP contribution in [0.15, 0.2) is 78.8 Å². The van der Waals surface area contributed by atoms with Crippen molar-refractivity contribution in [1.29, 1.82) is 0 Å². The van der Waals surface area contributed by atoms with E-state index < -0.39 is 5.91 Å². The number of imide groups is 1. The van der Waals surface area contributed by atoms with Crippen LogP contribution in [-0.2, 0) is 16.1 Å². The van der Waals surface area contributed by atoms with E-state index >= 15 is 0 Å². The summed E-state index contributed by atoms with van der Waals surface area (Å²) < 4.78 is 5.54. The van der Waals surface area contributed by atoms with E-state index in [-0.39, 0.29) is 18.1 Å². The van der Waals surface area contributed by atoms with Gasteiger partial charge >= 0.3 is 0 Å². The summed E-state index contributed by atoms with van der Waals surface area (Å²) in [4.78, 5) is 31.9. The number of ether oxygens (including phenoxy) is 1. The fourth-order valence-corrected chi connectivity index (χ4v) is 3.49. The first-order valence-electron chi connectivity index (χ1n) is 9.82. The molecule has 0 spiro atoms. The molecule has 1 aromatic heterocycles. The van der Waals surface area contributed by atoms with E-state index in [2.05, 4.69) is 10.3 Å². The van der Waals surface area contributed by atoms with Gasteiger partial charge in [0.1, 0.15) is 11.4 Å². The molecule has 1 N–H and O–H groups in total. The number of hydrogen-bond acceptors (Lipinski definition) is 5. The van der Waals surface area contributed by atoms with Gasteiger partial charge in [0, 0.05) is 29.2 Å². The lowest BCUT2D eigenvalue weighted by atomic mass is 10.0. The van der Waals surface area contributed by atoms with Crippen molar-refractivity contribution in [3.8, 4) is 5.75 Å². The van der Waals surface area contributed by atoms with Gasteiger partial charge in [0.25, 0.3) is 11.8 Å². The van der Waals surface area contributed by atoms with E-state index in [1.807, 2.05) is 31.2 Å². The van der Waals surface area contributed by atoms with Crippen molar-refractivity contribution in [3.63, 3.8) is 0 Å².